The molecule has 2 atom stereocenters. The molecule has 144 valence electrons. The van der Waals surface area contributed by atoms with Crippen molar-refractivity contribution < 1.29 is 4.79 Å². The van der Waals surface area contributed by atoms with Gasteiger partial charge in [0.15, 0.2) is 0 Å². The molecular weight excluding hydrogens is 345 g/mol. The molecule has 0 spiro atoms. The van der Waals surface area contributed by atoms with E-state index in [1.165, 1.54) is 38.5 Å². The topological polar surface area (TPSA) is 44.4 Å². The SMILES string of the molecule is CC1CCCC(CNC(=O)CCC2CCNCC2)(N(C)C)C1.Cl.Cl. The van der Waals surface area contributed by atoms with Crippen molar-refractivity contribution in [3.8, 4) is 0 Å². The number of piperidine rings is 1. The van der Waals surface area contributed by atoms with Crippen LogP contribution in [0.4, 0.5) is 0 Å². The van der Waals surface area contributed by atoms with E-state index in [1.54, 1.807) is 0 Å². The van der Waals surface area contributed by atoms with Crippen LogP contribution in [0.1, 0.15) is 58.3 Å². The second-order valence-corrected chi connectivity index (χ2v) is 7.83. The lowest BCUT2D eigenvalue weighted by Gasteiger charge is -2.45. The first-order valence-corrected chi connectivity index (χ1v) is 9.17. The summed E-state index contributed by atoms with van der Waals surface area (Å²) in [5.74, 6) is 1.75. The third kappa shape index (κ3) is 7.07. The van der Waals surface area contributed by atoms with Crippen molar-refractivity contribution in [1.29, 1.82) is 0 Å². The highest BCUT2D eigenvalue weighted by Gasteiger charge is 2.37. The molecule has 24 heavy (non-hydrogen) atoms. The average molecular weight is 382 g/mol. The van der Waals surface area contributed by atoms with Gasteiger partial charge in [-0.1, -0.05) is 19.8 Å². The number of likely N-dealkylation sites (N-methyl/N-ethyl adjacent to an activating group) is 1. The van der Waals surface area contributed by atoms with Crippen molar-refractivity contribution in [2.45, 2.75) is 63.8 Å². The summed E-state index contributed by atoms with van der Waals surface area (Å²) in [5.41, 5.74) is 0.169. The van der Waals surface area contributed by atoms with Gasteiger partial charge in [-0.3, -0.25) is 4.79 Å². The highest BCUT2D eigenvalue weighted by molar-refractivity contribution is 5.85. The van der Waals surface area contributed by atoms with Crippen LogP contribution in [0.15, 0.2) is 0 Å². The standard InChI is InChI=1S/C18H35N3O.2ClH/c1-15-5-4-10-18(13-15,21(2)3)14-20-17(22)7-6-16-8-11-19-12-9-16;;/h15-16,19H,4-14H2,1-3H3,(H,20,22);2*1H. The maximum atomic E-state index is 12.2. The first kappa shape index (κ1) is 24.0. The van der Waals surface area contributed by atoms with Crippen LogP contribution in [0.5, 0.6) is 0 Å². The molecule has 1 saturated heterocycles. The number of hydrogen-bond donors (Lipinski definition) is 2. The monoisotopic (exact) mass is 381 g/mol. The van der Waals surface area contributed by atoms with E-state index in [-0.39, 0.29) is 36.3 Å². The van der Waals surface area contributed by atoms with Gasteiger partial charge in [0.25, 0.3) is 0 Å². The van der Waals surface area contributed by atoms with E-state index in [0.717, 1.165) is 37.9 Å². The van der Waals surface area contributed by atoms with Gasteiger partial charge in [0.05, 0.1) is 0 Å². The lowest BCUT2D eigenvalue weighted by Crippen LogP contribution is -2.55. The number of carbonyl (C=O) groups is 1. The highest BCUT2D eigenvalue weighted by atomic mass is 35.5. The van der Waals surface area contributed by atoms with Crippen LogP contribution in [-0.4, -0.2) is 50.1 Å². The van der Waals surface area contributed by atoms with Gasteiger partial charge in [-0.25, -0.2) is 0 Å². The number of rotatable bonds is 6. The molecule has 0 aromatic carbocycles. The van der Waals surface area contributed by atoms with Gasteiger partial charge in [0.2, 0.25) is 5.91 Å². The van der Waals surface area contributed by atoms with Crippen LogP contribution in [0.25, 0.3) is 0 Å². The molecule has 1 heterocycles. The molecule has 0 aromatic heterocycles. The fraction of sp³-hybridized carbons (Fsp3) is 0.944. The van der Waals surface area contributed by atoms with Crippen LogP contribution in [0.2, 0.25) is 0 Å². The van der Waals surface area contributed by atoms with Crippen molar-refractivity contribution >= 4 is 30.7 Å². The van der Waals surface area contributed by atoms with Crippen molar-refractivity contribution in [3.63, 3.8) is 0 Å². The molecule has 6 heteroatoms. The Morgan fingerprint density at radius 1 is 1.21 bits per heavy atom. The Morgan fingerprint density at radius 3 is 2.46 bits per heavy atom. The number of hydrogen-bond acceptors (Lipinski definition) is 3. The molecule has 2 N–H and O–H groups in total. The summed E-state index contributed by atoms with van der Waals surface area (Å²) >= 11 is 0. The number of halogens is 2. The smallest absolute Gasteiger partial charge is 0.220 e. The van der Waals surface area contributed by atoms with Crippen molar-refractivity contribution in [3.05, 3.63) is 0 Å². The van der Waals surface area contributed by atoms with E-state index in [4.69, 9.17) is 0 Å². The molecule has 2 rings (SSSR count). The molecule has 1 saturated carbocycles. The Balaban J connectivity index is 0.00000264. The fourth-order valence-electron chi connectivity index (χ4n) is 4.21. The molecule has 1 amide bonds. The van der Waals surface area contributed by atoms with E-state index in [0.29, 0.717) is 6.42 Å². The summed E-state index contributed by atoms with van der Waals surface area (Å²) < 4.78 is 0. The maximum Gasteiger partial charge on any atom is 0.220 e. The largest absolute Gasteiger partial charge is 0.354 e. The van der Waals surface area contributed by atoms with Gasteiger partial charge >= 0.3 is 0 Å². The molecule has 1 aliphatic carbocycles. The molecular formula is C18H37Cl2N3O. The summed E-state index contributed by atoms with van der Waals surface area (Å²) in [4.78, 5) is 14.6. The minimum Gasteiger partial charge on any atom is -0.354 e. The maximum absolute atomic E-state index is 12.2. The zero-order chi connectivity index (χ0) is 16.0. The normalized spacial score (nSPS) is 27.9. The Bertz CT molecular complexity index is 362. The predicted molar refractivity (Wildman–Crippen MR) is 106 cm³/mol. The number of amides is 1. The molecule has 0 aromatic rings. The van der Waals surface area contributed by atoms with E-state index < -0.39 is 0 Å². The number of nitrogens with one attached hydrogen (secondary N) is 2. The molecule has 2 unspecified atom stereocenters. The molecule has 2 fully saturated rings. The molecule has 2 aliphatic rings. The highest BCUT2D eigenvalue weighted by Crippen LogP contribution is 2.35. The Morgan fingerprint density at radius 2 is 1.88 bits per heavy atom. The lowest BCUT2D eigenvalue weighted by molar-refractivity contribution is -0.122. The zero-order valence-electron chi connectivity index (χ0n) is 15.6. The third-order valence-corrected chi connectivity index (χ3v) is 5.87. The summed E-state index contributed by atoms with van der Waals surface area (Å²) in [6.07, 6.45) is 9.23. The van der Waals surface area contributed by atoms with E-state index in [2.05, 4.69) is 36.6 Å². The minimum absolute atomic E-state index is 0. The molecule has 0 bridgehead atoms. The van der Waals surface area contributed by atoms with Crippen molar-refractivity contribution in [2.24, 2.45) is 11.8 Å². The van der Waals surface area contributed by atoms with E-state index in [1.807, 2.05) is 0 Å². The number of carbonyl (C=O) groups excluding carboxylic acids is 1. The van der Waals surface area contributed by atoms with Gasteiger partial charge in [-0.05, 0) is 71.1 Å². The fourth-order valence-corrected chi connectivity index (χ4v) is 4.21. The molecule has 0 radical (unpaired) electrons. The quantitative estimate of drug-likeness (QED) is 0.741. The van der Waals surface area contributed by atoms with Crippen LogP contribution in [0.3, 0.4) is 0 Å². The van der Waals surface area contributed by atoms with Crippen LogP contribution in [0, 0.1) is 11.8 Å². The summed E-state index contributed by atoms with van der Waals surface area (Å²) in [5, 5.41) is 6.62. The van der Waals surface area contributed by atoms with Gasteiger partial charge in [0.1, 0.15) is 0 Å². The van der Waals surface area contributed by atoms with Crippen LogP contribution in [-0.2, 0) is 4.79 Å². The van der Waals surface area contributed by atoms with Crippen molar-refractivity contribution in [1.82, 2.24) is 15.5 Å². The van der Waals surface area contributed by atoms with Gasteiger partial charge in [0, 0.05) is 18.5 Å². The van der Waals surface area contributed by atoms with Gasteiger partial charge < -0.3 is 15.5 Å². The van der Waals surface area contributed by atoms with E-state index >= 15 is 0 Å². The first-order valence-electron chi connectivity index (χ1n) is 9.17. The average Bonchev–Trinajstić information content (AvgIpc) is 2.52. The zero-order valence-corrected chi connectivity index (χ0v) is 17.2. The van der Waals surface area contributed by atoms with Gasteiger partial charge in [-0.15, -0.1) is 24.8 Å². The van der Waals surface area contributed by atoms with Crippen LogP contribution < -0.4 is 10.6 Å². The molecule has 1 aliphatic heterocycles. The summed E-state index contributed by atoms with van der Waals surface area (Å²) in [6, 6.07) is 0. The van der Waals surface area contributed by atoms with E-state index in [9.17, 15) is 4.79 Å². The first-order chi connectivity index (χ1) is 10.5. The summed E-state index contributed by atoms with van der Waals surface area (Å²) in [6.45, 7) is 5.40. The summed E-state index contributed by atoms with van der Waals surface area (Å²) in [7, 11) is 4.33. The number of nitrogens with zero attached hydrogens (tertiary/aromatic N) is 1. The minimum atomic E-state index is 0. The molecule has 4 nitrogen and oxygen atoms in total. The Kier molecular flexibility index (Phi) is 11.5. The third-order valence-electron chi connectivity index (χ3n) is 5.87. The van der Waals surface area contributed by atoms with Crippen molar-refractivity contribution in [2.75, 3.05) is 33.7 Å². The van der Waals surface area contributed by atoms with Crippen LogP contribution >= 0.6 is 24.8 Å². The Hall–Kier alpha value is -0.0300. The lowest BCUT2D eigenvalue weighted by atomic mass is 9.75. The second-order valence-electron chi connectivity index (χ2n) is 7.83. The van der Waals surface area contributed by atoms with Gasteiger partial charge in [-0.2, -0.15) is 0 Å². The Labute approximate surface area is 160 Å². The predicted octanol–water partition coefficient (Wildman–Crippen LogP) is 3.24. The second kappa shape index (κ2) is 11.6.